The second-order valence-corrected chi connectivity index (χ2v) is 5.68. The van der Waals surface area contributed by atoms with Crippen LogP contribution in [0.5, 0.6) is 5.75 Å². The van der Waals surface area contributed by atoms with E-state index in [1.54, 1.807) is 0 Å². The molecule has 3 nitrogen and oxygen atoms in total. The zero-order valence-corrected chi connectivity index (χ0v) is 13.7. The van der Waals surface area contributed by atoms with Crippen LogP contribution in [0.25, 0.3) is 0 Å². The molecule has 132 valence electrons. The van der Waals surface area contributed by atoms with Crippen LogP contribution in [0.4, 0.5) is 18.9 Å². The number of rotatable bonds is 11. The van der Waals surface area contributed by atoms with Gasteiger partial charge in [-0.1, -0.05) is 51.9 Å². The molecule has 0 aliphatic heterocycles. The number of benzene rings is 1. The van der Waals surface area contributed by atoms with Crippen LogP contribution < -0.4 is 16.0 Å². The molecule has 1 aromatic carbocycles. The van der Waals surface area contributed by atoms with Gasteiger partial charge in [-0.3, -0.25) is 5.84 Å². The van der Waals surface area contributed by atoms with Gasteiger partial charge in [-0.25, -0.2) is 0 Å². The van der Waals surface area contributed by atoms with Crippen LogP contribution >= 0.6 is 0 Å². The lowest BCUT2D eigenvalue weighted by molar-refractivity contribution is -0.137. The molecule has 0 aliphatic carbocycles. The number of hydrazine groups is 1. The van der Waals surface area contributed by atoms with Crippen LogP contribution in [0.1, 0.15) is 63.9 Å². The lowest BCUT2D eigenvalue weighted by Crippen LogP contribution is -2.12. The van der Waals surface area contributed by atoms with Crippen molar-refractivity contribution >= 4 is 5.69 Å². The Morgan fingerprint density at radius 3 is 2.17 bits per heavy atom. The fourth-order valence-corrected chi connectivity index (χ4v) is 2.36. The summed E-state index contributed by atoms with van der Waals surface area (Å²) in [6.45, 7) is 2.68. The van der Waals surface area contributed by atoms with Gasteiger partial charge in [0.15, 0.2) is 0 Å². The molecule has 0 aromatic heterocycles. The maximum atomic E-state index is 12.6. The lowest BCUT2D eigenvalue weighted by Gasteiger charge is -2.14. The van der Waals surface area contributed by atoms with Gasteiger partial charge in [0.25, 0.3) is 0 Å². The summed E-state index contributed by atoms with van der Waals surface area (Å²) < 4.78 is 43.4. The Morgan fingerprint density at radius 2 is 1.61 bits per heavy atom. The summed E-state index contributed by atoms with van der Waals surface area (Å²) in [6.07, 6.45) is 5.08. The van der Waals surface area contributed by atoms with Gasteiger partial charge in [-0.05, 0) is 24.6 Å². The standard InChI is InChI=1S/C17H27F3N2O/c1-2-3-4-5-6-7-8-9-12-23-16-11-10-14(17(18,19)20)13-15(16)22-21/h10-11,13,22H,2-9,12,21H2,1H3. The second-order valence-electron chi connectivity index (χ2n) is 5.68. The van der Waals surface area contributed by atoms with Crippen molar-refractivity contribution in [3.8, 4) is 5.75 Å². The maximum absolute atomic E-state index is 12.6. The van der Waals surface area contributed by atoms with Crippen molar-refractivity contribution in [2.24, 2.45) is 5.84 Å². The summed E-state index contributed by atoms with van der Waals surface area (Å²) in [5, 5.41) is 0. The molecule has 0 unspecified atom stereocenters. The van der Waals surface area contributed by atoms with Crippen LogP contribution in [0.2, 0.25) is 0 Å². The average molecular weight is 332 g/mol. The van der Waals surface area contributed by atoms with Gasteiger partial charge in [0.1, 0.15) is 5.75 Å². The van der Waals surface area contributed by atoms with Gasteiger partial charge >= 0.3 is 6.18 Å². The van der Waals surface area contributed by atoms with Crippen molar-refractivity contribution in [3.05, 3.63) is 23.8 Å². The van der Waals surface area contributed by atoms with E-state index in [4.69, 9.17) is 10.6 Å². The predicted molar refractivity (Wildman–Crippen MR) is 87.4 cm³/mol. The number of alkyl halides is 3. The van der Waals surface area contributed by atoms with Crippen LogP contribution in [-0.4, -0.2) is 6.61 Å². The van der Waals surface area contributed by atoms with E-state index in [0.717, 1.165) is 25.0 Å². The van der Waals surface area contributed by atoms with Crippen LogP contribution in [0.15, 0.2) is 18.2 Å². The number of nitrogen functional groups attached to an aromatic ring is 1. The fourth-order valence-electron chi connectivity index (χ4n) is 2.36. The summed E-state index contributed by atoms with van der Waals surface area (Å²) in [5.41, 5.74) is 1.67. The molecular formula is C17H27F3N2O. The van der Waals surface area contributed by atoms with Gasteiger partial charge in [0, 0.05) is 0 Å². The van der Waals surface area contributed by atoms with E-state index in [0.29, 0.717) is 12.4 Å². The van der Waals surface area contributed by atoms with E-state index in [1.807, 2.05) is 0 Å². The van der Waals surface area contributed by atoms with Crippen LogP contribution in [0, 0.1) is 0 Å². The van der Waals surface area contributed by atoms with E-state index in [1.165, 1.54) is 44.6 Å². The number of anilines is 1. The average Bonchev–Trinajstić information content (AvgIpc) is 2.52. The number of hydrogen-bond donors (Lipinski definition) is 2. The molecule has 1 rings (SSSR count). The third kappa shape index (κ3) is 7.59. The topological polar surface area (TPSA) is 47.3 Å². The molecule has 23 heavy (non-hydrogen) atoms. The highest BCUT2D eigenvalue weighted by molar-refractivity contribution is 5.57. The molecule has 0 bridgehead atoms. The molecule has 0 aliphatic rings. The Bertz CT molecular complexity index is 450. The molecule has 1 aromatic rings. The van der Waals surface area contributed by atoms with Crippen molar-refractivity contribution in [3.63, 3.8) is 0 Å². The summed E-state index contributed by atoms with van der Waals surface area (Å²) >= 11 is 0. The van der Waals surface area contributed by atoms with E-state index < -0.39 is 11.7 Å². The molecular weight excluding hydrogens is 305 g/mol. The molecule has 0 atom stereocenters. The first kappa shape index (κ1) is 19.6. The minimum Gasteiger partial charge on any atom is -0.491 e. The molecule has 0 saturated heterocycles. The molecule has 0 saturated carbocycles. The Labute approximate surface area is 136 Å². The minimum absolute atomic E-state index is 0.152. The zero-order chi connectivity index (χ0) is 17.1. The maximum Gasteiger partial charge on any atom is 0.416 e. The number of hydrogen-bond acceptors (Lipinski definition) is 3. The fraction of sp³-hybridized carbons (Fsp3) is 0.647. The Kier molecular flexibility index (Phi) is 8.84. The lowest BCUT2D eigenvalue weighted by atomic mass is 10.1. The number of nitrogens with two attached hydrogens (primary N) is 1. The van der Waals surface area contributed by atoms with Gasteiger partial charge < -0.3 is 10.2 Å². The third-order valence-corrected chi connectivity index (χ3v) is 3.72. The molecule has 6 heteroatoms. The van der Waals surface area contributed by atoms with Crippen molar-refractivity contribution in [1.82, 2.24) is 0 Å². The highest BCUT2D eigenvalue weighted by Gasteiger charge is 2.31. The summed E-state index contributed by atoms with van der Waals surface area (Å²) in [5.74, 6) is 5.63. The van der Waals surface area contributed by atoms with E-state index in [2.05, 4.69) is 12.3 Å². The van der Waals surface area contributed by atoms with Crippen molar-refractivity contribution in [2.75, 3.05) is 12.0 Å². The smallest absolute Gasteiger partial charge is 0.416 e. The van der Waals surface area contributed by atoms with Gasteiger partial charge in [0.2, 0.25) is 0 Å². The summed E-state index contributed by atoms with van der Waals surface area (Å²) in [7, 11) is 0. The Balaban J connectivity index is 2.29. The number of unbranched alkanes of at least 4 members (excludes halogenated alkanes) is 7. The summed E-state index contributed by atoms with van der Waals surface area (Å²) in [4.78, 5) is 0. The first-order chi connectivity index (χ1) is 11.0. The summed E-state index contributed by atoms with van der Waals surface area (Å²) in [6, 6.07) is 3.27. The molecule has 0 fully saturated rings. The van der Waals surface area contributed by atoms with E-state index in [-0.39, 0.29) is 5.69 Å². The number of nitrogens with one attached hydrogen (secondary N) is 1. The SMILES string of the molecule is CCCCCCCCCCOc1ccc(C(F)(F)F)cc1NN. The van der Waals surface area contributed by atoms with Crippen LogP contribution in [0.3, 0.4) is 0 Å². The second kappa shape index (κ2) is 10.4. The van der Waals surface area contributed by atoms with Crippen molar-refractivity contribution in [2.45, 2.75) is 64.5 Å². The minimum atomic E-state index is -4.39. The van der Waals surface area contributed by atoms with Crippen molar-refractivity contribution in [1.29, 1.82) is 0 Å². The molecule has 0 heterocycles. The largest absolute Gasteiger partial charge is 0.491 e. The first-order valence-corrected chi connectivity index (χ1v) is 8.29. The normalized spacial score (nSPS) is 11.5. The van der Waals surface area contributed by atoms with Gasteiger partial charge in [0.05, 0.1) is 17.9 Å². The monoisotopic (exact) mass is 332 g/mol. The first-order valence-electron chi connectivity index (χ1n) is 8.29. The van der Waals surface area contributed by atoms with Crippen LogP contribution in [-0.2, 0) is 6.18 Å². The van der Waals surface area contributed by atoms with E-state index >= 15 is 0 Å². The highest BCUT2D eigenvalue weighted by atomic mass is 19.4. The zero-order valence-electron chi connectivity index (χ0n) is 13.7. The van der Waals surface area contributed by atoms with Gasteiger partial charge in [-0.15, -0.1) is 0 Å². The van der Waals surface area contributed by atoms with E-state index in [9.17, 15) is 13.2 Å². The highest BCUT2D eigenvalue weighted by Crippen LogP contribution is 2.34. The molecule has 0 amide bonds. The number of ether oxygens (including phenoxy) is 1. The predicted octanol–water partition coefficient (Wildman–Crippen LogP) is 5.51. The Morgan fingerprint density at radius 1 is 1.00 bits per heavy atom. The Hall–Kier alpha value is -1.43. The third-order valence-electron chi connectivity index (χ3n) is 3.72. The molecule has 3 N–H and O–H groups in total. The molecule has 0 spiro atoms. The molecule has 0 radical (unpaired) electrons. The van der Waals surface area contributed by atoms with Gasteiger partial charge in [-0.2, -0.15) is 13.2 Å². The number of halogens is 3. The quantitative estimate of drug-likeness (QED) is 0.319. The van der Waals surface area contributed by atoms with Crippen molar-refractivity contribution < 1.29 is 17.9 Å².